The molecule has 1 amide bonds. The molecule has 6 heteroatoms. The zero-order valence-corrected chi connectivity index (χ0v) is 20.3. The van der Waals surface area contributed by atoms with Gasteiger partial charge in [-0.05, 0) is 37.5 Å². The number of hydrogen-bond acceptors (Lipinski definition) is 4. The van der Waals surface area contributed by atoms with Gasteiger partial charge in [-0.3, -0.25) is 0 Å². The van der Waals surface area contributed by atoms with Gasteiger partial charge in [0.15, 0.2) is 5.82 Å². The monoisotopic (exact) mass is 466 g/mol. The molecule has 0 N–H and O–H groups in total. The van der Waals surface area contributed by atoms with Gasteiger partial charge in [-0.25, -0.2) is 14.5 Å². The van der Waals surface area contributed by atoms with Crippen LogP contribution in [0, 0.1) is 0 Å². The minimum Gasteiger partial charge on any atom is -0.444 e. The van der Waals surface area contributed by atoms with Crippen LogP contribution in [0.25, 0.3) is 0 Å². The summed E-state index contributed by atoms with van der Waals surface area (Å²) < 4.78 is 7.46. The standard InChI is InChI=1S/C29H30N4O2/c1-28(2,3)35-27(34)32-20-25(32)19-26-30-21-33(31-26)29(22-13-7-4-8-14-22,23-15-9-5-10-16-23)24-17-11-6-12-18-24/h4-18,21,25H,19-20H2,1-3H3. The number of carbonyl (C=O) groups excluding carboxylic acids is 1. The first-order valence-electron chi connectivity index (χ1n) is 11.9. The molecule has 5 rings (SSSR count). The molecule has 2 heterocycles. The van der Waals surface area contributed by atoms with Crippen LogP contribution >= 0.6 is 0 Å². The van der Waals surface area contributed by atoms with E-state index in [9.17, 15) is 4.79 Å². The molecule has 4 aromatic rings. The summed E-state index contributed by atoms with van der Waals surface area (Å²) in [5.74, 6) is 0.702. The molecule has 178 valence electrons. The average Bonchev–Trinajstić information content (AvgIpc) is 3.48. The van der Waals surface area contributed by atoms with Gasteiger partial charge in [-0.2, -0.15) is 5.10 Å². The highest BCUT2D eigenvalue weighted by molar-refractivity contribution is 5.71. The van der Waals surface area contributed by atoms with E-state index in [-0.39, 0.29) is 12.1 Å². The lowest BCUT2D eigenvalue weighted by molar-refractivity contribution is 0.0407. The second kappa shape index (κ2) is 9.02. The van der Waals surface area contributed by atoms with Gasteiger partial charge in [-0.15, -0.1) is 0 Å². The Hall–Kier alpha value is -3.93. The highest BCUT2D eigenvalue weighted by Gasteiger charge is 2.43. The van der Waals surface area contributed by atoms with E-state index in [1.807, 2.05) is 50.0 Å². The van der Waals surface area contributed by atoms with Crippen LogP contribution in [0.3, 0.4) is 0 Å². The number of ether oxygens (including phenoxy) is 1. The summed E-state index contributed by atoms with van der Waals surface area (Å²) in [5, 5.41) is 4.99. The smallest absolute Gasteiger partial charge is 0.410 e. The van der Waals surface area contributed by atoms with Crippen molar-refractivity contribution in [3.8, 4) is 0 Å². The quantitative estimate of drug-likeness (QED) is 0.287. The Morgan fingerprint density at radius 2 is 1.34 bits per heavy atom. The number of hydrogen-bond donors (Lipinski definition) is 0. The summed E-state index contributed by atoms with van der Waals surface area (Å²) in [5.41, 5.74) is 2.08. The van der Waals surface area contributed by atoms with Gasteiger partial charge in [-0.1, -0.05) is 91.0 Å². The highest BCUT2D eigenvalue weighted by atomic mass is 16.6. The first-order chi connectivity index (χ1) is 16.9. The van der Waals surface area contributed by atoms with E-state index in [1.54, 1.807) is 4.90 Å². The van der Waals surface area contributed by atoms with Gasteiger partial charge in [0.05, 0.1) is 6.04 Å². The lowest BCUT2D eigenvalue weighted by Crippen LogP contribution is -2.38. The third kappa shape index (κ3) is 4.56. The maximum Gasteiger partial charge on any atom is 0.410 e. The van der Waals surface area contributed by atoms with Crippen LogP contribution in [-0.2, 0) is 16.7 Å². The average molecular weight is 467 g/mol. The summed E-state index contributed by atoms with van der Waals surface area (Å²) in [6.07, 6.45) is 2.11. The Morgan fingerprint density at radius 1 is 0.857 bits per heavy atom. The van der Waals surface area contributed by atoms with E-state index >= 15 is 0 Å². The summed E-state index contributed by atoms with van der Waals surface area (Å²) in [6.45, 7) is 6.29. The molecule has 1 aliphatic heterocycles. The fourth-order valence-corrected chi connectivity index (χ4v) is 4.60. The first kappa shape index (κ1) is 22.8. The number of rotatable bonds is 6. The molecule has 0 aliphatic carbocycles. The molecule has 1 atom stereocenters. The van der Waals surface area contributed by atoms with E-state index in [0.717, 1.165) is 16.7 Å². The van der Waals surface area contributed by atoms with Crippen LogP contribution in [-0.4, -0.2) is 43.9 Å². The van der Waals surface area contributed by atoms with Gasteiger partial charge in [0.1, 0.15) is 17.5 Å². The Balaban J connectivity index is 1.53. The van der Waals surface area contributed by atoms with E-state index < -0.39 is 11.1 Å². The van der Waals surface area contributed by atoms with E-state index in [0.29, 0.717) is 18.8 Å². The largest absolute Gasteiger partial charge is 0.444 e. The van der Waals surface area contributed by atoms with Gasteiger partial charge < -0.3 is 9.64 Å². The molecule has 6 nitrogen and oxygen atoms in total. The summed E-state index contributed by atoms with van der Waals surface area (Å²) >= 11 is 0. The minimum absolute atomic E-state index is 0.0558. The molecule has 0 spiro atoms. The molecule has 1 unspecified atom stereocenters. The van der Waals surface area contributed by atoms with Crippen LogP contribution in [0.2, 0.25) is 0 Å². The van der Waals surface area contributed by atoms with E-state index in [4.69, 9.17) is 9.84 Å². The van der Waals surface area contributed by atoms with E-state index in [1.165, 1.54) is 0 Å². The first-order valence-corrected chi connectivity index (χ1v) is 11.9. The lowest BCUT2D eigenvalue weighted by Gasteiger charge is -2.35. The van der Waals surface area contributed by atoms with Crippen molar-refractivity contribution >= 4 is 6.09 Å². The summed E-state index contributed by atoms with van der Waals surface area (Å²) in [7, 11) is 0. The second-order valence-electron chi connectivity index (χ2n) is 9.90. The van der Waals surface area contributed by atoms with E-state index in [2.05, 4.69) is 77.8 Å². The van der Waals surface area contributed by atoms with Crippen molar-refractivity contribution in [2.45, 2.75) is 44.4 Å². The van der Waals surface area contributed by atoms with Gasteiger partial charge in [0.25, 0.3) is 0 Å². The minimum atomic E-state index is -0.691. The van der Waals surface area contributed by atoms with Crippen LogP contribution in [0.4, 0.5) is 4.79 Å². The molecule has 1 fully saturated rings. The molecular weight excluding hydrogens is 436 g/mol. The molecule has 0 radical (unpaired) electrons. The summed E-state index contributed by atoms with van der Waals surface area (Å²) in [4.78, 5) is 18.8. The van der Waals surface area contributed by atoms with Crippen molar-refractivity contribution in [2.75, 3.05) is 6.54 Å². The molecule has 35 heavy (non-hydrogen) atoms. The number of aromatic nitrogens is 3. The highest BCUT2D eigenvalue weighted by Crippen LogP contribution is 2.40. The van der Waals surface area contributed by atoms with Crippen LogP contribution in [0.15, 0.2) is 97.3 Å². The number of nitrogens with zero attached hydrogens (tertiary/aromatic N) is 4. The number of benzene rings is 3. The van der Waals surface area contributed by atoms with Gasteiger partial charge in [0.2, 0.25) is 0 Å². The van der Waals surface area contributed by atoms with Gasteiger partial charge >= 0.3 is 6.09 Å². The van der Waals surface area contributed by atoms with Crippen LogP contribution in [0.1, 0.15) is 43.3 Å². The molecule has 1 aromatic heterocycles. The summed E-state index contributed by atoms with van der Waals surface area (Å²) in [6, 6.07) is 31.2. The van der Waals surface area contributed by atoms with Crippen molar-refractivity contribution in [1.82, 2.24) is 19.7 Å². The molecular formula is C29H30N4O2. The normalized spacial score (nSPS) is 15.6. The number of amides is 1. The van der Waals surface area contributed by atoms with Crippen molar-refractivity contribution in [3.05, 3.63) is 120 Å². The third-order valence-corrected chi connectivity index (χ3v) is 6.22. The Labute approximate surface area is 206 Å². The Morgan fingerprint density at radius 3 is 1.80 bits per heavy atom. The fraction of sp³-hybridized carbons (Fsp3) is 0.276. The predicted octanol–water partition coefficient (Wildman–Crippen LogP) is 5.28. The Kier molecular flexibility index (Phi) is 5.89. The fourth-order valence-electron chi connectivity index (χ4n) is 4.60. The predicted molar refractivity (Wildman–Crippen MR) is 135 cm³/mol. The SMILES string of the molecule is CC(C)(C)OC(=O)N1CC1Cc1ncn(C(c2ccccc2)(c2ccccc2)c2ccccc2)n1. The number of carbonyl (C=O) groups is 1. The zero-order valence-electron chi connectivity index (χ0n) is 20.3. The molecule has 1 saturated heterocycles. The zero-order chi connectivity index (χ0) is 24.5. The molecule has 0 saturated carbocycles. The van der Waals surface area contributed by atoms with Crippen LogP contribution in [0.5, 0.6) is 0 Å². The maximum absolute atomic E-state index is 12.4. The van der Waals surface area contributed by atoms with Crippen molar-refractivity contribution in [3.63, 3.8) is 0 Å². The Bertz CT molecular complexity index is 1180. The molecule has 3 aromatic carbocycles. The molecule has 0 bridgehead atoms. The molecule has 1 aliphatic rings. The maximum atomic E-state index is 12.4. The van der Waals surface area contributed by atoms with Gasteiger partial charge in [0, 0.05) is 13.0 Å². The van der Waals surface area contributed by atoms with Crippen molar-refractivity contribution < 1.29 is 9.53 Å². The van der Waals surface area contributed by atoms with Crippen LogP contribution < -0.4 is 0 Å². The third-order valence-electron chi connectivity index (χ3n) is 6.22. The topological polar surface area (TPSA) is 60.0 Å². The van der Waals surface area contributed by atoms with Crippen molar-refractivity contribution in [1.29, 1.82) is 0 Å². The lowest BCUT2D eigenvalue weighted by atomic mass is 9.77. The van der Waals surface area contributed by atoms with Crippen molar-refractivity contribution in [2.24, 2.45) is 0 Å². The second-order valence-corrected chi connectivity index (χ2v) is 9.90.